The van der Waals surface area contributed by atoms with Gasteiger partial charge >= 0.3 is 5.97 Å². The Balaban J connectivity index is 1.85. The highest BCUT2D eigenvalue weighted by molar-refractivity contribution is 6.26. The Morgan fingerprint density at radius 2 is 1.97 bits per heavy atom. The first-order valence-corrected chi connectivity index (χ1v) is 12.5. The predicted octanol–water partition coefficient (Wildman–Crippen LogP) is 4.79. The van der Waals surface area contributed by atoms with E-state index in [0.29, 0.717) is 24.8 Å². The molecule has 3 saturated carbocycles. The SMILES string of the molecule is CCCC(=O)O[C@@]1(C(=O)CF)C(C)C[C@H]2[C@@H]3CCC4=C(F)C(=O)C=C[C@]4(C)[C@@]3(Cl)[C@@H](O)C[C@@]21C. The van der Waals surface area contributed by atoms with Gasteiger partial charge in [-0.15, -0.1) is 11.6 Å². The van der Waals surface area contributed by atoms with Crippen LogP contribution in [0.25, 0.3) is 0 Å². The minimum absolute atomic E-state index is 0.0145. The van der Waals surface area contributed by atoms with Gasteiger partial charge in [-0.2, -0.15) is 0 Å². The molecule has 188 valence electrons. The summed E-state index contributed by atoms with van der Waals surface area (Å²) in [4.78, 5) is 36.5. The number of halogens is 3. The molecular formula is C26H33ClF2O5. The normalized spacial score (nSPS) is 45.5. The number of carbonyl (C=O) groups is 3. The zero-order chi connectivity index (χ0) is 25.3. The number of fused-ring (bicyclic) bond motifs is 5. The molecule has 0 saturated heterocycles. The summed E-state index contributed by atoms with van der Waals surface area (Å²) in [6, 6.07) is 0. The van der Waals surface area contributed by atoms with Crippen LogP contribution in [0, 0.1) is 28.6 Å². The van der Waals surface area contributed by atoms with Crippen LogP contribution in [0.3, 0.4) is 0 Å². The van der Waals surface area contributed by atoms with Gasteiger partial charge in [-0.1, -0.05) is 33.8 Å². The standard InChI is InChI=1S/C26H33ClF2O5/c1-5-6-21(33)34-26(20(32)13-28)14(2)11-17-15-7-8-16-22(29)18(30)9-10-23(16,3)25(15,27)19(31)12-24(17,26)4/h9-10,14-15,17,19,31H,5-8,11-13H2,1-4H3/t14?,15-,17-,19-,23-,24-,25-,26+/m0/s1. The van der Waals surface area contributed by atoms with E-state index in [9.17, 15) is 28.3 Å². The molecule has 0 aliphatic heterocycles. The number of hydrogen-bond acceptors (Lipinski definition) is 5. The molecule has 0 amide bonds. The number of Topliss-reactive ketones (excluding diaryl/α,β-unsaturated/α-hetero) is 1. The van der Waals surface area contributed by atoms with E-state index in [1.54, 1.807) is 26.8 Å². The van der Waals surface area contributed by atoms with Crippen molar-refractivity contribution in [3.05, 3.63) is 23.6 Å². The van der Waals surface area contributed by atoms with Crippen LogP contribution in [0.2, 0.25) is 0 Å². The largest absolute Gasteiger partial charge is 0.450 e. The lowest BCUT2D eigenvalue weighted by Gasteiger charge is -2.64. The van der Waals surface area contributed by atoms with Crippen molar-refractivity contribution >= 4 is 29.1 Å². The van der Waals surface area contributed by atoms with Crippen molar-refractivity contribution < 1.29 is 33.0 Å². The Morgan fingerprint density at radius 3 is 2.59 bits per heavy atom. The molecule has 8 atom stereocenters. The Kier molecular flexibility index (Phi) is 6.17. The Hall–Kier alpha value is -1.60. The average molecular weight is 499 g/mol. The van der Waals surface area contributed by atoms with Gasteiger partial charge in [0, 0.05) is 23.2 Å². The highest BCUT2D eigenvalue weighted by Crippen LogP contribution is 2.72. The maximum atomic E-state index is 14.9. The number of aliphatic hydroxyl groups is 1. The zero-order valence-corrected chi connectivity index (χ0v) is 20.9. The molecule has 8 heteroatoms. The van der Waals surface area contributed by atoms with Crippen LogP contribution in [0.4, 0.5) is 8.78 Å². The quantitative estimate of drug-likeness (QED) is 0.435. The molecular weight excluding hydrogens is 466 g/mol. The third kappa shape index (κ3) is 2.95. The first-order valence-electron chi connectivity index (χ1n) is 12.2. The monoisotopic (exact) mass is 498 g/mol. The van der Waals surface area contributed by atoms with Crippen molar-refractivity contribution in [1.82, 2.24) is 0 Å². The molecule has 5 nitrogen and oxygen atoms in total. The van der Waals surface area contributed by atoms with Crippen LogP contribution in [0.1, 0.15) is 66.2 Å². The average Bonchev–Trinajstić information content (AvgIpc) is 2.99. The van der Waals surface area contributed by atoms with Crippen molar-refractivity contribution in [3.8, 4) is 0 Å². The second-order valence-corrected chi connectivity index (χ2v) is 11.6. The highest BCUT2D eigenvalue weighted by atomic mass is 35.5. The number of alkyl halides is 2. The number of hydrogen-bond donors (Lipinski definition) is 1. The van der Waals surface area contributed by atoms with Gasteiger partial charge in [0.2, 0.25) is 11.6 Å². The van der Waals surface area contributed by atoms with Crippen LogP contribution >= 0.6 is 11.6 Å². The molecule has 1 unspecified atom stereocenters. The summed E-state index contributed by atoms with van der Waals surface area (Å²) >= 11 is 7.31. The second-order valence-electron chi connectivity index (χ2n) is 11.0. The highest BCUT2D eigenvalue weighted by Gasteiger charge is 2.76. The minimum Gasteiger partial charge on any atom is -0.450 e. The number of ketones is 2. The van der Waals surface area contributed by atoms with Crippen LogP contribution in [0.5, 0.6) is 0 Å². The maximum Gasteiger partial charge on any atom is 0.306 e. The smallest absolute Gasteiger partial charge is 0.306 e. The fourth-order valence-electron chi connectivity index (χ4n) is 8.01. The number of ether oxygens (including phenoxy) is 1. The molecule has 1 N–H and O–H groups in total. The van der Waals surface area contributed by atoms with Gasteiger partial charge in [0.25, 0.3) is 0 Å². The molecule has 0 spiro atoms. The van der Waals surface area contributed by atoms with E-state index in [1.807, 2.05) is 6.92 Å². The third-order valence-corrected chi connectivity index (χ3v) is 10.5. The summed E-state index contributed by atoms with van der Waals surface area (Å²) in [5.41, 5.74) is -3.57. The molecule has 4 rings (SSSR count). The summed E-state index contributed by atoms with van der Waals surface area (Å²) in [5, 5.41) is 11.6. The number of allylic oxidation sites excluding steroid dienone is 4. The van der Waals surface area contributed by atoms with E-state index < -0.39 is 63.4 Å². The van der Waals surface area contributed by atoms with Crippen molar-refractivity contribution in [2.45, 2.75) is 82.8 Å². The van der Waals surface area contributed by atoms with Gasteiger partial charge in [0.1, 0.15) is 0 Å². The lowest BCUT2D eigenvalue weighted by Crippen LogP contribution is -2.69. The first kappa shape index (κ1) is 25.5. The number of esters is 1. The molecule has 3 fully saturated rings. The van der Waals surface area contributed by atoms with E-state index in [-0.39, 0.29) is 31.1 Å². The van der Waals surface area contributed by atoms with E-state index in [0.717, 1.165) is 0 Å². The van der Waals surface area contributed by atoms with Gasteiger partial charge in [-0.25, -0.2) is 8.78 Å². The molecule has 0 heterocycles. The number of carbonyl (C=O) groups excluding carboxylic acids is 3. The molecule has 0 radical (unpaired) electrons. The van der Waals surface area contributed by atoms with Gasteiger partial charge in [-0.3, -0.25) is 14.4 Å². The summed E-state index contributed by atoms with van der Waals surface area (Å²) < 4.78 is 34.8. The van der Waals surface area contributed by atoms with E-state index in [4.69, 9.17) is 16.3 Å². The van der Waals surface area contributed by atoms with Crippen molar-refractivity contribution in [1.29, 1.82) is 0 Å². The van der Waals surface area contributed by atoms with Crippen molar-refractivity contribution in [3.63, 3.8) is 0 Å². The molecule has 0 aromatic rings. The van der Waals surface area contributed by atoms with Crippen molar-refractivity contribution in [2.75, 3.05) is 6.67 Å². The van der Waals surface area contributed by atoms with Crippen LogP contribution in [-0.4, -0.2) is 45.9 Å². The molecule has 0 aromatic carbocycles. The summed E-state index contributed by atoms with van der Waals surface area (Å²) in [7, 11) is 0. The number of aliphatic hydroxyl groups excluding tert-OH is 1. The van der Waals surface area contributed by atoms with Crippen LogP contribution < -0.4 is 0 Å². The van der Waals surface area contributed by atoms with Gasteiger partial charge in [0.05, 0.1) is 11.0 Å². The summed E-state index contributed by atoms with van der Waals surface area (Å²) in [6.45, 7) is 5.86. The van der Waals surface area contributed by atoms with E-state index in [1.165, 1.54) is 6.08 Å². The molecule has 4 aliphatic carbocycles. The van der Waals surface area contributed by atoms with Crippen molar-refractivity contribution in [2.24, 2.45) is 28.6 Å². The summed E-state index contributed by atoms with van der Waals surface area (Å²) in [5.74, 6) is -4.01. The molecule has 4 aliphatic rings. The second kappa shape index (κ2) is 8.22. The maximum absolute atomic E-state index is 14.9. The minimum atomic E-state index is -1.71. The number of rotatable bonds is 5. The Morgan fingerprint density at radius 1 is 1.29 bits per heavy atom. The van der Waals surface area contributed by atoms with E-state index in [2.05, 4.69) is 0 Å². The molecule has 34 heavy (non-hydrogen) atoms. The third-order valence-electron chi connectivity index (χ3n) is 9.54. The lowest BCUT2D eigenvalue weighted by atomic mass is 9.45. The Labute approximate surface area is 203 Å². The Bertz CT molecular complexity index is 994. The van der Waals surface area contributed by atoms with Crippen LogP contribution in [-0.2, 0) is 19.1 Å². The molecule has 0 aromatic heterocycles. The van der Waals surface area contributed by atoms with Gasteiger partial charge < -0.3 is 9.84 Å². The van der Waals surface area contributed by atoms with Crippen LogP contribution in [0.15, 0.2) is 23.6 Å². The predicted molar refractivity (Wildman–Crippen MR) is 122 cm³/mol. The summed E-state index contributed by atoms with van der Waals surface area (Å²) in [6.07, 6.45) is 3.30. The lowest BCUT2D eigenvalue weighted by molar-refractivity contribution is -0.202. The van der Waals surface area contributed by atoms with Gasteiger partial charge in [0.15, 0.2) is 18.1 Å². The fraction of sp³-hybridized carbons (Fsp3) is 0.731. The topological polar surface area (TPSA) is 80.7 Å². The van der Waals surface area contributed by atoms with E-state index >= 15 is 0 Å². The zero-order valence-electron chi connectivity index (χ0n) is 20.1. The molecule has 0 bridgehead atoms. The van der Waals surface area contributed by atoms with Gasteiger partial charge in [-0.05, 0) is 55.6 Å². The first-order chi connectivity index (χ1) is 15.8. The fourth-order valence-corrected chi connectivity index (χ4v) is 8.53.